The molecule has 0 aromatic heterocycles. The van der Waals surface area contributed by atoms with Crippen molar-refractivity contribution < 1.29 is 14.3 Å². The molecule has 0 amide bonds. The van der Waals surface area contributed by atoms with Crippen molar-refractivity contribution in [3.8, 4) is 0 Å². The van der Waals surface area contributed by atoms with Crippen LogP contribution in [0.1, 0.15) is 20.8 Å². The average molecular weight is 168 g/mol. The zero-order chi connectivity index (χ0) is 9.19. The number of carbonyl (C=O) groups is 1. The lowest BCUT2D eigenvalue weighted by atomic mass is 9.96. The molecule has 0 atom stereocenters. The number of rotatable bonds is 2. The zero-order valence-corrected chi connectivity index (χ0v) is 7.46. The van der Waals surface area contributed by atoms with Crippen LogP contribution in [0.25, 0.3) is 0 Å². The summed E-state index contributed by atoms with van der Waals surface area (Å²) >= 11 is 0. The molecule has 0 N–H and O–H groups in total. The summed E-state index contributed by atoms with van der Waals surface area (Å²) in [5.74, 6) is -0.104. The molecule has 0 bridgehead atoms. The highest BCUT2D eigenvalue weighted by Gasteiger charge is 2.15. The third-order valence-corrected chi connectivity index (χ3v) is 1.13. The van der Waals surface area contributed by atoms with E-state index in [-0.39, 0.29) is 5.41 Å². The van der Waals surface area contributed by atoms with Crippen molar-refractivity contribution in [1.29, 1.82) is 0 Å². The van der Waals surface area contributed by atoms with Crippen LogP contribution < -0.4 is 0 Å². The normalized spacial score (nSPS) is 15.4. The van der Waals surface area contributed by atoms with E-state index in [9.17, 15) is 4.79 Å². The van der Waals surface area contributed by atoms with Crippen molar-refractivity contribution in [3.05, 3.63) is 24.4 Å². The number of allylic oxidation sites excluding steroid dienone is 1. The first-order valence-corrected chi connectivity index (χ1v) is 3.75. The average Bonchev–Trinajstić information content (AvgIpc) is 2.66. The Morgan fingerprint density at radius 2 is 2.17 bits per heavy atom. The van der Waals surface area contributed by atoms with Crippen molar-refractivity contribution in [2.75, 3.05) is 0 Å². The van der Waals surface area contributed by atoms with E-state index >= 15 is 0 Å². The van der Waals surface area contributed by atoms with E-state index in [1.165, 1.54) is 12.3 Å². The van der Waals surface area contributed by atoms with Gasteiger partial charge in [-0.1, -0.05) is 26.8 Å². The van der Waals surface area contributed by atoms with E-state index in [1.807, 2.05) is 20.8 Å². The molecule has 0 fully saturated rings. The van der Waals surface area contributed by atoms with Gasteiger partial charge in [0.05, 0.1) is 0 Å². The first-order valence-electron chi connectivity index (χ1n) is 3.75. The molecule has 0 aromatic carbocycles. The highest BCUT2D eigenvalue weighted by Crippen LogP contribution is 2.17. The topological polar surface area (TPSA) is 38.8 Å². The largest absolute Gasteiger partial charge is 0.424 e. The van der Waals surface area contributed by atoms with Crippen LogP contribution in [0, 0.1) is 5.41 Å². The molecule has 12 heavy (non-hydrogen) atoms. The van der Waals surface area contributed by atoms with E-state index in [0.717, 1.165) is 0 Å². The van der Waals surface area contributed by atoms with Crippen molar-refractivity contribution >= 4 is 5.97 Å². The number of carbonyl (C=O) groups excluding carboxylic acids is 1. The predicted molar refractivity (Wildman–Crippen MR) is 43.9 cm³/mol. The quantitative estimate of drug-likeness (QED) is 0.467. The Kier molecular flexibility index (Phi) is 2.22. The first kappa shape index (κ1) is 8.84. The van der Waals surface area contributed by atoms with Gasteiger partial charge in [0.25, 0.3) is 0 Å². The minimum atomic E-state index is -0.395. The zero-order valence-electron chi connectivity index (χ0n) is 7.46. The maximum atomic E-state index is 10.9. The predicted octanol–water partition coefficient (Wildman–Crippen LogP) is 1.96. The van der Waals surface area contributed by atoms with Crippen LogP contribution in [0.4, 0.5) is 0 Å². The summed E-state index contributed by atoms with van der Waals surface area (Å²) in [5.41, 5.74) is -0.00217. The lowest BCUT2D eigenvalue weighted by Gasteiger charge is -2.09. The molecule has 0 spiro atoms. The van der Waals surface area contributed by atoms with E-state index in [2.05, 4.69) is 9.47 Å². The molecule has 1 rings (SSSR count). The molecule has 0 aromatic rings. The highest BCUT2D eigenvalue weighted by molar-refractivity contribution is 5.82. The number of hydrogen-bond acceptors (Lipinski definition) is 3. The number of ether oxygens (including phenoxy) is 2. The van der Waals surface area contributed by atoms with Crippen LogP contribution >= 0.6 is 0 Å². The summed E-state index contributed by atoms with van der Waals surface area (Å²) < 4.78 is 9.20. The molecular weight excluding hydrogens is 156 g/mol. The Hall–Kier alpha value is -1.25. The van der Waals surface area contributed by atoms with Gasteiger partial charge in [0, 0.05) is 6.08 Å². The van der Waals surface area contributed by atoms with Gasteiger partial charge in [-0.25, -0.2) is 4.79 Å². The molecule has 66 valence electrons. The fourth-order valence-corrected chi connectivity index (χ4v) is 0.523. The standard InChI is InChI=1S/C9H12O3/c1-9(2,3)5-4-7(10)12-8-6-11-8/h4-6H,1-3H3/b5-4+. The fraction of sp³-hybridized carbons (Fsp3) is 0.444. The van der Waals surface area contributed by atoms with Crippen LogP contribution in [-0.2, 0) is 14.3 Å². The Morgan fingerprint density at radius 3 is 2.58 bits per heavy atom. The summed E-state index contributed by atoms with van der Waals surface area (Å²) in [5, 5.41) is 0. The molecule has 0 radical (unpaired) electrons. The van der Waals surface area contributed by atoms with E-state index < -0.39 is 5.97 Å². The van der Waals surface area contributed by atoms with Gasteiger partial charge in [-0.2, -0.15) is 0 Å². The smallest absolute Gasteiger partial charge is 0.338 e. The van der Waals surface area contributed by atoms with Gasteiger partial charge in [0.15, 0.2) is 6.26 Å². The molecule has 3 heteroatoms. The van der Waals surface area contributed by atoms with Crippen molar-refractivity contribution in [2.24, 2.45) is 5.41 Å². The lowest BCUT2D eigenvalue weighted by Crippen LogP contribution is -2.02. The van der Waals surface area contributed by atoms with Crippen LogP contribution in [-0.4, -0.2) is 5.97 Å². The maximum absolute atomic E-state index is 10.9. The molecule has 0 saturated carbocycles. The summed E-state index contributed by atoms with van der Waals surface area (Å²) in [6.45, 7) is 6.01. The third kappa shape index (κ3) is 3.81. The van der Waals surface area contributed by atoms with Crippen molar-refractivity contribution in [2.45, 2.75) is 20.8 Å². The van der Waals surface area contributed by atoms with Gasteiger partial charge in [-0.05, 0) is 5.41 Å². The van der Waals surface area contributed by atoms with Crippen molar-refractivity contribution in [3.63, 3.8) is 0 Å². The second-order valence-corrected chi connectivity index (χ2v) is 3.68. The lowest BCUT2D eigenvalue weighted by molar-refractivity contribution is -0.135. The minimum Gasteiger partial charge on any atom is -0.424 e. The molecule has 0 aliphatic carbocycles. The Labute approximate surface area is 71.7 Å². The second-order valence-electron chi connectivity index (χ2n) is 3.68. The number of hydrogen-bond donors (Lipinski definition) is 0. The summed E-state index contributed by atoms with van der Waals surface area (Å²) in [6.07, 6.45) is 4.57. The molecule has 0 unspecified atom stereocenters. The van der Waals surface area contributed by atoms with Gasteiger partial charge in [0.2, 0.25) is 0 Å². The Balaban J connectivity index is 2.34. The van der Waals surface area contributed by atoms with Gasteiger partial charge in [-0.15, -0.1) is 0 Å². The van der Waals surface area contributed by atoms with E-state index in [4.69, 9.17) is 0 Å². The summed E-state index contributed by atoms with van der Waals surface area (Å²) in [7, 11) is 0. The number of esters is 1. The molecule has 1 heterocycles. The molecule has 0 saturated heterocycles. The van der Waals surface area contributed by atoms with Crippen molar-refractivity contribution in [1.82, 2.24) is 0 Å². The van der Waals surface area contributed by atoms with E-state index in [0.29, 0.717) is 5.95 Å². The monoisotopic (exact) mass is 168 g/mol. The SMILES string of the molecule is CC(C)(C)/C=C/C(=O)OC1=CO1. The van der Waals surface area contributed by atoms with Gasteiger partial charge < -0.3 is 9.47 Å². The fourth-order valence-electron chi connectivity index (χ4n) is 0.523. The molecular formula is C9H12O3. The highest BCUT2D eigenvalue weighted by atomic mass is 16.7. The summed E-state index contributed by atoms with van der Waals surface area (Å²) in [4.78, 5) is 10.9. The van der Waals surface area contributed by atoms with Crippen LogP contribution in [0.15, 0.2) is 24.4 Å². The van der Waals surface area contributed by atoms with E-state index in [1.54, 1.807) is 6.08 Å². The Bertz CT molecular complexity index is 243. The second kappa shape index (κ2) is 3.01. The van der Waals surface area contributed by atoms with Gasteiger partial charge >= 0.3 is 11.9 Å². The van der Waals surface area contributed by atoms with Crippen LogP contribution in [0.5, 0.6) is 0 Å². The maximum Gasteiger partial charge on any atom is 0.338 e. The molecule has 1 aliphatic heterocycles. The Morgan fingerprint density at radius 1 is 1.58 bits per heavy atom. The minimum absolute atomic E-state index is 0.00217. The molecule has 1 aliphatic rings. The summed E-state index contributed by atoms with van der Waals surface area (Å²) in [6, 6.07) is 0. The van der Waals surface area contributed by atoms with Gasteiger partial charge in [-0.3, -0.25) is 0 Å². The van der Waals surface area contributed by atoms with Gasteiger partial charge in [0.1, 0.15) is 0 Å². The first-order chi connectivity index (χ1) is 5.47. The van der Waals surface area contributed by atoms with Crippen LogP contribution in [0.2, 0.25) is 0 Å². The molecule has 3 nitrogen and oxygen atoms in total. The van der Waals surface area contributed by atoms with Crippen LogP contribution in [0.3, 0.4) is 0 Å². The third-order valence-electron chi connectivity index (χ3n) is 1.13.